The molecule has 30 heavy (non-hydrogen) atoms. The molecule has 1 aromatic heterocycles. The quantitative estimate of drug-likeness (QED) is 0.508. The fraction of sp³-hybridized carbons (Fsp3) is 0.375. The molecule has 1 aliphatic rings. The first kappa shape index (κ1) is 15.6. The second kappa shape index (κ2) is 8.68. The molecule has 1 heterocycles. The molecule has 6 nitrogen and oxygen atoms in total. The Morgan fingerprint density at radius 2 is 2.30 bits per heavy atom. The summed E-state index contributed by atoms with van der Waals surface area (Å²) in [4.78, 5) is 8.03. The van der Waals surface area contributed by atoms with E-state index in [0.29, 0.717) is 35.5 Å². The standard InChI is InChI=1S/C24H26N4O2/c1-5-13-26-20-11-10-17-18(20)7-6-8-19(17)23-27-24(30-28-23)16-9-12-22(29-15(2)3)21(14-16)25-4/h6-9,12,14-15,20,26H,5,10-11,13H2,1-3H3/t20-/m0/s1/i13D2,15D,20D. The Labute approximate surface area is 182 Å². The van der Waals surface area contributed by atoms with Crippen molar-refractivity contribution in [3.8, 4) is 28.6 Å². The van der Waals surface area contributed by atoms with Gasteiger partial charge in [-0.05, 0) is 68.9 Å². The largest absolute Gasteiger partial charge is 0.502 e. The SMILES string of the molecule is [2H]C([2H])(CC)N[C@@]1([2H])CCc2c(-c3noc(-c4ccc(OC([2H])(C)C)c([N+]#[C-])c4)n3)cccc21. The molecule has 1 aliphatic carbocycles. The van der Waals surface area contributed by atoms with Gasteiger partial charge in [-0.2, -0.15) is 4.98 Å². The van der Waals surface area contributed by atoms with E-state index in [2.05, 4.69) is 20.3 Å². The van der Waals surface area contributed by atoms with E-state index >= 15 is 0 Å². The summed E-state index contributed by atoms with van der Waals surface area (Å²) in [7, 11) is 0. The van der Waals surface area contributed by atoms with Gasteiger partial charge in [0, 0.05) is 19.9 Å². The molecule has 154 valence electrons. The minimum Gasteiger partial charge on any atom is -0.502 e. The number of aromatic nitrogens is 2. The van der Waals surface area contributed by atoms with E-state index < -0.39 is 18.6 Å². The molecule has 0 aliphatic heterocycles. The Kier molecular flexibility index (Phi) is 4.53. The molecule has 0 bridgehead atoms. The van der Waals surface area contributed by atoms with E-state index in [1.807, 2.05) is 18.2 Å². The number of fused-ring (bicyclic) bond motifs is 1. The van der Waals surface area contributed by atoms with Gasteiger partial charge in [0.1, 0.15) is 5.75 Å². The summed E-state index contributed by atoms with van der Waals surface area (Å²) in [6.45, 7) is 10.7. The number of hydrogen-bond donors (Lipinski definition) is 1. The Bertz CT molecular complexity index is 1260. The number of ether oxygens (including phenoxy) is 1. The molecular weight excluding hydrogens is 376 g/mol. The van der Waals surface area contributed by atoms with Gasteiger partial charge in [-0.25, -0.2) is 4.85 Å². The van der Waals surface area contributed by atoms with Crippen LogP contribution in [-0.4, -0.2) is 22.7 Å². The number of nitrogens with one attached hydrogen (secondary N) is 1. The second-order valence-electron chi connectivity index (χ2n) is 7.19. The molecule has 3 aromatic rings. The van der Waals surface area contributed by atoms with E-state index in [9.17, 15) is 0 Å². The van der Waals surface area contributed by atoms with Crippen LogP contribution in [0.2, 0.25) is 0 Å². The minimum atomic E-state index is -1.65. The Hall–Kier alpha value is -3.17. The third-order valence-corrected chi connectivity index (χ3v) is 4.85. The van der Waals surface area contributed by atoms with Crippen LogP contribution in [0.3, 0.4) is 0 Å². The highest BCUT2D eigenvalue weighted by atomic mass is 16.5. The zero-order valence-electron chi connectivity index (χ0n) is 21.2. The molecule has 4 rings (SSSR count). The third kappa shape index (κ3) is 3.94. The van der Waals surface area contributed by atoms with Gasteiger partial charge in [-0.15, -0.1) is 0 Å². The number of nitrogens with zero attached hydrogens (tertiary/aromatic N) is 3. The van der Waals surface area contributed by atoms with Gasteiger partial charge in [0.2, 0.25) is 11.5 Å². The fourth-order valence-electron chi connectivity index (χ4n) is 3.55. The van der Waals surface area contributed by atoms with Gasteiger partial charge >= 0.3 is 0 Å². The number of rotatable bonds is 7. The van der Waals surface area contributed by atoms with Crippen molar-refractivity contribution in [2.45, 2.75) is 52.1 Å². The van der Waals surface area contributed by atoms with Crippen LogP contribution in [0.4, 0.5) is 5.69 Å². The van der Waals surface area contributed by atoms with Crippen molar-refractivity contribution < 1.29 is 14.7 Å². The van der Waals surface area contributed by atoms with Crippen LogP contribution in [0.1, 0.15) is 56.2 Å². The lowest BCUT2D eigenvalue weighted by Gasteiger charge is -2.13. The summed E-state index contributed by atoms with van der Waals surface area (Å²) in [5, 5.41) is 7.00. The number of benzene rings is 2. The van der Waals surface area contributed by atoms with E-state index in [4.69, 9.17) is 21.3 Å². The van der Waals surface area contributed by atoms with Crippen molar-refractivity contribution in [2.75, 3.05) is 6.50 Å². The van der Waals surface area contributed by atoms with Crippen LogP contribution in [0, 0.1) is 6.57 Å². The van der Waals surface area contributed by atoms with Crippen molar-refractivity contribution in [3.63, 3.8) is 0 Å². The molecule has 1 atom stereocenters. The molecule has 0 saturated carbocycles. The molecular formula is C24H26N4O2. The summed E-state index contributed by atoms with van der Waals surface area (Å²) in [5.74, 6) is 0.918. The second-order valence-corrected chi connectivity index (χ2v) is 7.19. The highest BCUT2D eigenvalue weighted by molar-refractivity contribution is 5.70. The Balaban J connectivity index is 1.66. The van der Waals surface area contributed by atoms with E-state index in [0.717, 1.165) is 11.1 Å². The van der Waals surface area contributed by atoms with Crippen molar-refractivity contribution in [3.05, 3.63) is 58.9 Å². The average Bonchev–Trinajstić information content (AvgIpc) is 3.38. The lowest BCUT2D eigenvalue weighted by Crippen LogP contribution is -2.19. The lowest BCUT2D eigenvalue weighted by molar-refractivity contribution is 0.244. The molecule has 0 unspecified atom stereocenters. The maximum Gasteiger partial charge on any atom is 0.256 e. The summed E-state index contributed by atoms with van der Waals surface area (Å²) in [6.07, 6.45) is 0.103. The van der Waals surface area contributed by atoms with Crippen LogP contribution < -0.4 is 10.1 Å². The maximum atomic E-state index is 8.88. The Morgan fingerprint density at radius 1 is 1.43 bits per heavy atom. The van der Waals surface area contributed by atoms with Crippen LogP contribution in [-0.2, 0) is 6.42 Å². The molecule has 1 N–H and O–H groups in total. The molecule has 6 heteroatoms. The molecule has 0 fully saturated rings. The molecule has 0 radical (unpaired) electrons. The molecule has 0 amide bonds. The van der Waals surface area contributed by atoms with Crippen LogP contribution >= 0.6 is 0 Å². The minimum absolute atomic E-state index is 0.241. The van der Waals surface area contributed by atoms with Gasteiger partial charge in [-0.3, -0.25) is 0 Å². The smallest absolute Gasteiger partial charge is 0.256 e. The number of hydrogen-bond acceptors (Lipinski definition) is 5. The first-order valence-electron chi connectivity index (χ1n) is 11.9. The van der Waals surface area contributed by atoms with Crippen molar-refractivity contribution in [1.29, 1.82) is 0 Å². The maximum absolute atomic E-state index is 8.88. The van der Waals surface area contributed by atoms with Crippen LogP contribution in [0.15, 0.2) is 40.9 Å². The first-order valence-corrected chi connectivity index (χ1v) is 9.91. The van der Waals surface area contributed by atoms with Gasteiger partial charge < -0.3 is 14.6 Å². The van der Waals surface area contributed by atoms with E-state index in [-0.39, 0.29) is 18.0 Å². The van der Waals surface area contributed by atoms with Gasteiger partial charge in [0.15, 0.2) is 0 Å². The fourth-order valence-corrected chi connectivity index (χ4v) is 3.55. The molecule has 0 spiro atoms. The van der Waals surface area contributed by atoms with E-state index in [1.54, 1.807) is 39.0 Å². The van der Waals surface area contributed by atoms with Crippen molar-refractivity contribution in [1.82, 2.24) is 15.5 Å². The zero-order chi connectivity index (χ0) is 24.7. The molecule has 2 aromatic carbocycles. The summed E-state index contributed by atoms with van der Waals surface area (Å²) >= 11 is 0. The summed E-state index contributed by atoms with van der Waals surface area (Å²) in [5.41, 5.74) is 3.14. The van der Waals surface area contributed by atoms with Gasteiger partial charge in [0.25, 0.3) is 5.89 Å². The topological polar surface area (TPSA) is 64.5 Å². The highest BCUT2D eigenvalue weighted by Crippen LogP contribution is 2.38. The predicted molar refractivity (Wildman–Crippen MR) is 117 cm³/mol. The lowest BCUT2D eigenvalue weighted by atomic mass is 10.0. The van der Waals surface area contributed by atoms with Crippen LogP contribution in [0.25, 0.3) is 27.7 Å². The molecule has 0 saturated heterocycles. The van der Waals surface area contributed by atoms with Crippen molar-refractivity contribution in [2.24, 2.45) is 0 Å². The van der Waals surface area contributed by atoms with E-state index in [1.165, 1.54) is 0 Å². The highest BCUT2D eigenvalue weighted by Gasteiger charge is 2.26. The van der Waals surface area contributed by atoms with Gasteiger partial charge in [-0.1, -0.05) is 30.3 Å². The third-order valence-electron chi connectivity index (χ3n) is 4.85. The monoisotopic (exact) mass is 406 g/mol. The normalized spacial score (nSPS) is 20.5. The predicted octanol–water partition coefficient (Wildman–Crippen LogP) is 5.73. The van der Waals surface area contributed by atoms with Gasteiger partial charge in [0.05, 0.1) is 15.4 Å². The van der Waals surface area contributed by atoms with Crippen LogP contribution in [0.5, 0.6) is 5.75 Å². The zero-order valence-corrected chi connectivity index (χ0v) is 17.2. The summed E-state index contributed by atoms with van der Waals surface area (Å²) < 4.78 is 44.0. The average molecular weight is 407 g/mol. The first-order chi connectivity index (χ1) is 15.9. The summed E-state index contributed by atoms with van der Waals surface area (Å²) in [6, 6.07) is 9.20. The van der Waals surface area contributed by atoms with Crippen molar-refractivity contribution >= 4 is 5.69 Å². The Morgan fingerprint density at radius 3 is 3.07 bits per heavy atom.